The van der Waals surface area contributed by atoms with E-state index in [0.29, 0.717) is 25.7 Å². The van der Waals surface area contributed by atoms with Crippen molar-refractivity contribution in [3.05, 3.63) is 0 Å². The first-order valence-electron chi connectivity index (χ1n) is 7.77. The number of ether oxygens (including phenoxy) is 1. The zero-order chi connectivity index (χ0) is 14.1. The molecule has 1 aliphatic heterocycles. The molecule has 3 rings (SSSR count). The van der Waals surface area contributed by atoms with Crippen LogP contribution in [0.1, 0.15) is 38.5 Å². The van der Waals surface area contributed by atoms with Crippen LogP contribution in [0.15, 0.2) is 0 Å². The summed E-state index contributed by atoms with van der Waals surface area (Å²) in [6.45, 7) is 1.71. The van der Waals surface area contributed by atoms with Gasteiger partial charge in [-0.25, -0.2) is 0 Å². The fourth-order valence-corrected chi connectivity index (χ4v) is 3.44. The topological polar surface area (TPSA) is 66.8 Å². The molecule has 1 heterocycles. The van der Waals surface area contributed by atoms with E-state index in [4.69, 9.17) is 9.84 Å². The number of carboxylic acid groups (broad SMARTS) is 1. The SMILES string of the molecule is O=C(O)CCN(C(=O)[C@H]1C[C@@H]1C1CC1)C1CCOCC1. The first-order valence-corrected chi connectivity index (χ1v) is 7.77. The van der Waals surface area contributed by atoms with Crippen LogP contribution in [0.25, 0.3) is 0 Å². The smallest absolute Gasteiger partial charge is 0.305 e. The number of hydrogen-bond acceptors (Lipinski definition) is 3. The second-order valence-corrected chi connectivity index (χ2v) is 6.36. The largest absolute Gasteiger partial charge is 0.481 e. The van der Waals surface area contributed by atoms with Crippen LogP contribution in [0.3, 0.4) is 0 Å². The lowest BCUT2D eigenvalue weighted by molar-refractivity contribution is -0.141. The molecule has 2 saturated carbocycles. The summed E-state index contributed by atoms with van der Waals surface area (Å²) in [5.41, 5.74) is 0. The summed E-state index contributed by atoms with van der Waals surface area (Å²) in [6.07, 6.45) is 5.31. The Bertz CT molecular complexity index is 387. The molecule has 5 heteroatoms. The molecular formula is C15H23NO4. The molecule has 2 atom stereocenters. The van der Waals surface area contributed by atoms with E-state index >= 15 is 0 Å². The van der Waals surface area contributed by atoms with Crippen LogP contribution in [0.5, 0.6) is 0 Å². The molecule has 112 valence electrons. The minimum atomic E-state index is -0.829. The molecule has 3 fully saturated rings. The van der Waals surface area contributed by atoms with Crippen molar-refractivity contribution in [3.63, 3.8) is 0 Å². The number of carbonyl (C=O) groups is 2. The zero-order valence-electron chi connectivity index (χ0n) is 11.8. The van der Waals surface area contributed by atoms with Gasteiger partial charge in [0.05, 0.1) is 6.42 Å². The van der Waals surface area contributed by atoms with Gasteiger partial charge in [0.2, 0.25) is 5.91 Å². The molecule has 2 aliphatic carbocycles. The third-order valence-corrected chi connectivity index (χ3v) is 4.87. The molecule has 0 unspecified atom stereocenters. The molecule has 3 aliphatic rings. The predicted molar refractivity (Wildman–Crippen MR) is 72.1 cm³/mol. The van der Waals surface area contributed by atoms with Gasteiger partial charge in [-0.1, -0.05) is 0 Å². The van der Waals surface area contributed by atoms with Gasteiger partial charge in [0, 0.05) is 31.7 Å². The van der Waals surface area contributed by atoms with Crippen molar-refractivity contribution in [3.8, 4) is 0 Å². The average molecular weight is 281 g/mol. The molecule has 20 heavy (non-hydrogen) atoms. The van der Waals surface area contributed by atoms with Crippen molar-refractivity contribution < 1.29 is 19.4 Å². The van der Waals surface area contributed by atoms with Gasteiger partial charge in [0.1, 0.15) is 0 Å². The van der Waals surface area contributed by atoms with E-state index in [2.05, 4.69) is 0 Å². The summed E-state index contributed by atoms with van der Waals surface area (Å²) in [6, 6.07) is 0.177. The van der Waals surface area contributed by atoms with Gasteiger partial charge >= 0.3 is 5.97 Å². The van der Waals surface area contributed by atoms with Crippen molar-refractivity contribution >= 4 is 11.9 Å². The molecule has 1 amide bonds. The first kappa shape index (κ1) is 13.9. The van der Waals surface area contributed by atoms with Gasteiger partial charge in [-0.05, 0) is 43.9 Å². The highest BCUT2D eigenvalue weighted by atomic mass is 16.5. The maximum Gasteiger partial charge on any atom is 0.305 e. The summed E-state index contributed by atoms with van der Waals surface area (Å²) in [4.78, 5) is 25.3. The molecule has 5 nitrogen and oxygen atoms in total. The third kappa shape index (κ3) is 3.14. The van der Waals surface area contributed by atoms with Crippen LogP contribution in [0, 0.1) is 17.8 Å². The fraction of sp³-hybridized carbons (Fsp3) is 0.867. The maximum absolute atomic E-state index is 12.7. The zero-order valence-corrected chi connectivity index (χ0v) is 11.8. The van der Waals surface area contributed by atoms with Crippen LogP contribution in [0.2, 0.25) is 0 Å². The predicted octanol–water partition coefficient (Wildman–Crippen LogP) is 1.51. The third-order valence-electron chi connectivity index (χ3n) is 4.87. The van der Waals surface area contributed by atoms with E-state index in [-0.39, 0.29) is 24.3 Å². The molecular weight excluding hydrogens is 258 g/mol. The lowest BCUT2D eigenvalue weighted by Crippen LogP contribution is -2.45. The van der Waals surface area contributed by atoms with Crippen LogP contribution in [-0.2, 0) is 14.3 Å². The molecule has 0 aromatic rings. The van der Waals surface area contributed by atoms with Crippen molar-refractivity contribution in [1.82, 2.24) is 4.90 Å². The molecule has 0 aromatic carbocycles. The summed E-state index contributed by atoms with van der Waals surface area (Å²) in [7, 11) is 0. The second-order valence-electron chi connectivity index (χ2n) is 6.36. The van der Waals surface area contributed by atoms with E-state index in [1.807, 2.05) is 4.90 Å². The van der Waals surface area contributed by atoms with Crippen LogP contribution >= 0.6 is 0 Å². The lowest BCUT2D eigenvalue weighted by Gasteiger charge is -2.34. The summed E-state index contributed by atoms with van der Waals surface area (Å²) in [5, 5.41) is 8.88. The van der Waals surface area contributed by atoms with Crippen LogP contribution < -0.4 is 0 Å². The number of carboxylic acids is 1. The van der Waals surface area contributed by atoms with Gasteiger partial charge in [-0.2, -0.15) is 0 Å². The number of carbonyl (C=O) groups excluding carboxylic acids is 1. The maximum atomic E-state index is 12.7. The molecule has 0 radical (unpaired) electrons. The van der Waals surface area contributed by atoms with E-state index in [9.17, 15) is 9.59 Å². The fourth-order valence-electron chi connectivity index (χ4n) is 3.44. The van der Waals surface area contributed by atoms with E-state index in [1.54, 1.807) is 0 Å². The summed E-state index contributed by atoms with van der Waals surface area (Å²) in [5.74, 6) is 0.924. The van der Waals surface area contributed by atoms with Gasteiger partial charge in [0.15, 0.2) is 0 Å². The quantitative estimate of drug-likeness (QED) is 0.801. The Kier molecular flexibility index (Phi) is 3.96. The number of rotatable bonds is 6. The summed E-state index contributed by atoms with van der Waals surface area (Å²) < 4.78 is 5.35. The highest BCUT2D eigenvalue weighted by Gasteiger charge is 2.52. The summed E-state index contributed by atoms with van der Waals surface area (Å²) >= 11 is 0. The molecule has 1 saturated heterocycles. The monoisotopic (exact) mass is 281 g/mol. The minimum Gasteiger partial charge on any atom is -0.481 e. The number of aliphatic carboxylic acids is 1. The Labute approximate surface area is 119 Å². The van der Waals surface area contributed by atoms with Crippen LogP contribution in [-0.4, -0.2) is 47.7 Å². The van der Waals surface area contributed by atoms with E-state index in [0.717, 1.165) is 25.2 Å². The Hall–Kier alpha value is -1.10. The lowest BCUT2D eigenvalue weighted by atomic mass is 10.1. The normalized spacial score (nSPS) is 30.0. The standard InChI is InChI=1S/C15H23NO4/c17-14(18)3-6-16(11-4-7-20-8-5-11)15(19)13-9-12(13)10-1-2-10/h10-13H,1-9H2,(H,17,18)/t12-,13+/m1/s1. The van der Waals surface area contributed by atoms with Gasteiger partial charge < -0.3 is 14.7 Å². The number of nitrogens with zero attached hydrogens (tertiary/aromatic N) is 1. The average Bonchev–Trinajstić information content (AvgIpc) is 3.29. The van der Waals surface area contributed by atoms with Crippen molar-refractivity contribution in [2.45, 2.75) is 44.6 Å². The Balaban J connectivity index is 1.60. The number of hydrogen-bond donors (Lipinski definition) is 1. The Morgan fingerprint density at radius 3 is 2.45 bits per heavy atom. The molecule has 1 N–H and O–H groups in total. The molecule has 0 bridgehead atoms. The molecule has 0 spiro atoms. The highest BCUT2D eigenvalue weighted by molar-refractivity contribution is 5.82. The highest BCUT2D eigenvalue weighted by Crippen LogP contribution is 2.55. The minimum absolute atomic E-state index is 0.0455. The Morgan fingerprint density at radius 1 is 1.15 bits per heavy atom. The van der Waals surface area contributed by atoms with E-state index in [1.165, 1.54) is 12.8 Å². The van der Waals surface area contributed by atoms with Gasteiger partial charge in [0.25, 0.3) is 0 Å². The van der Waals surface area contributed by atoms with Gasteiger partial charge in [-0.15, -0.1) is 0 Å². The first-order chi connectivity index (χ1) is 9.66. The van der Waals surface area contributed by atoms with Crippen LogP contribution in [0.4, 0.5) is 0 Å². The van der Waals surface area contributed by atoms with Gasteiger partial charge in [-0.3, -0.25) is 9.59 Å². The van der Waals surface area contributed by atoms with Crippen molar-refractivity contribution in [1.29, 1.82) is 0 Å². The molecule has 0 aromatic heterocycles. The number of amides is 1. The Morgan fingerprint density at radius 2 is 1.85 bits per heavy atom. The van der Waals surface area contributed by atoms with E-state index < -0.39 is 5.97 Å². The van der Waals surface area contributed by atoms with Crippen molar-refractivity contribution in [2.75, 3.05) is 19.8 Å². The second kappa shape index (κ2) is 5.72. The van der Waals surface area contributed by atoms with Crippen molar-refractivity contribution in [2.24, 2.45) is 17.8 Å².